The third-order valence-electron chi connectivity index (χ3n) is 0.932. The molecule has 0 aliphatic rings. The lowest BCUT2D eigenvalue weighted by Crippen LogP contribution is -2.26. The number of nitrogens with zero attached hydrogens (tertiary/aromatic N) is 2. The molecule has 0 aliphatic carbocycles. The highest BCUT2D eigenvalue weighted by atomic mass is 16.2. The highest BCUT2D eigenvalue weighted by molar-refractivity contribution is 4.89. The van der Waals surface area contributed by atoms with Crippen LogP contribution in [0, 0.1) is 11.5 Å². The average molecular weight is 137 g/mol. The molecule has 0 saturated heterocycles. The Bertz CT molecular complexity index is 381. The lowest BCUT2D eigenvalue weighted by atomic mass is 10.6. The summed E-state index contributed by atoms with van der Waals surface area (Å²) in [4.78, 5) is 22.9. The Morgan fingerprint density at radius 2 is 2.30 bits per heavy atom. The maximum absolute atomic E-state index is 10.6. The van der Waals surface area contributed by atoms with Gasteiger partial charge in [-0.25, -0.2) is 9.36 Å². The molecule has 0 unspecified atom stereocenters. The van der Waals surface area contributed by atoms with Crippen LogP contribution in [0.25, 0.3) is 0 Å². The average Bonchev–Trinajstić information content (AvgIpc) is 1.88. The number of aromatic amines is 1. The predicted octanol–water partition coefficient (Wildman–Crippen LogP) is -1.13. The van der Waals surface area contributed by atoms with Crippen molar-refractivity contribution in [1.29, 1.82) is 5.26 Å². The van der Waals surface area contributed by atoms with E-state index in [-0.39, 0.29) is 0 Å². The first-order valence-corrected chi connectivity index (χ1v) is 2.46. The molecule has 1 heterocycles. The van der Waals surface area contributed by atoms with Gasteiger partial charge in [0.15, 0.2) is 6.19 Å². The predicted molar refractivity (Wildman–Crippen MR) is 32.3 cm³/mol. The Balaban J connectivity index is 3.53. The zero-order chi connectivity index (χ0) is 7.56. The summed E-state index contributed by atoms with van der Waals surface area (Å²) in [5, 5.41) is 8.20. The van der Waals surface area contributed by atoms with Crippen molar-refractivity contribution in [2.75, 3.05) is 0 Å². The van der Waals surface area contributed by atoms with E-state index in [2.05, 4.69) is 0 Å². The highest BCUT2D eigenvalue weighted by Crippen LogP contribution is 1.65. The van der Waals surface area contributed by atoms with E-state index in [0.717, 1.165) is 16.8 Å². The van der Waals surface area contributed by atoms with Crippen molar-refractivity contribution in [2.24, 2.45) is 0 Å². The summed E-state index contributed by atoms with van der Waals surface area (Å²) in [6, 6.07) is 1.10. The largest absolute Gasteiger partial charge is 0.341 e. The number of hydrogen-bond acceptors (Lipinski definition) is 3. The van der Waals surface area contributed by atoms with Gasteiger partial charge in [-0.2, -0.15) is 5.26 Å². The lowest BCUT2D eigenvalue weighted by molar-refractivity contribution is 0.910. The second kappa shape index (κ2) is 2.19. The Morgan fingerprint density at radius 1 is 1.60 bits per heavy atom. The van der Waals surface area contributed by atoms with Crippen LogP contribution in [0.4, 0.5) is 0 Å². The molecular weight excluding hydrogens is 134 g/mol. The molecule has 0 radical (unpaired) electrons. The van der Waals surface area contributed by atoms with Gasteiger partial charge in [-0.3, -0.25) is 9.78 Å². The Labute approximate surface area is 55.2 Å². The maximum atomic E-state index is 10.6. The molecule has 5 nitrogen and oxygen atoms in total. The molecule has 0 amide bonds. The van der Waals surface area contributed by atoms with E-state index in [4.69, 9.17) is 5.26 Å². The van der Waals surface area contributed by atoms with Gasteiger partial charge in [0.05, 0.1) is 0 Å². The van der Waals surface area contributed by atoms with Gasteiger partial charge in [-0.05, 0) is 0 Å². The molecule has 1 aromatic heterocycles. The fourth-order valence-electron chi connectivity index (χ4n) is 0.496. The van der Waals surface area contributed by atoms with Gasteiger partial charge in [0.1, 0.15) is 0 Å². The van der Waals surface area contributed by atoms with Crippen LogP contribution in [-0.2, 0) is 0 Å². The number of hydrogen-bond donors (Lipinski definition) is 1. The fraction of sp³-hybridized carbons (Fsp3) is 0. The molecule has 1 rings (SSSR count). The van der Waals surface area contributed by atoms with Crippen molar-refractivity contribution < 1.29 is 0 Å². The van der Waals surface area contributed by atoms with Crippen LogP contribution in [0.3, 0.4) is 0 Å². The minimum atomic E-state index is -0.713. The molecule has 0 spiro atoms. The summed E-state index contributed by atoms with van der Waals surface area (Å²) in [5.41, 5.74) is -1.22. The van der Waals surface area contributed by atoms with E-state index in [1.165, 1.54) is 0 Å². The van der Waals surface area contributed by atoms with E-state index >= 15 is 0 Å². The monoisotopic (exact) mass is 137 g/mol. The summed E-state index contributed by atoms with van der Waals surface area (Å²) in [6.45, 7) is 0. The molecule has 10 heavy (non-hydrogen) atoms. The lowest BCUT2D eigenvalue weighted by Gasteiger charge is -1.85. The Hall–Kier alpha value is -1.83. The third-order valence-corrected chi connectivity index (χ3v) is 0.932. The molecule has 0 fully saturated rings. The normalized spacial score (nSPS) is 8.70. The molecular formula is C5H3N3O2. The first-order valence-electron chi connectivity index (χ1n) is 2.46. The molecule has 1 N–H and O–H groups in total. The molecule has 50 valence electrons. The molecule has 0 saturated carbocycles. The van der Waals surface area contributed by atoms with Gasteiger partial charge in [0.25, 0.3) is 5.56 Å². The number of rotatable bonds is 0. The van der Waals surface area contributed by atoms with Gasteiger partial charge in [-0.15, -0.1) is 0 Å². The van der Waals surface area contributed by atoms with Gasteiger partial charge in [0, 0.05) is 12.3 Å². The van der Waals surface area contributed by atoms with Crippen LogP contribution in [0.15, 0.2) is 21.9 Å². The van der Waals surface area contributed by atoms with Crippen LogP contribution in [0.5, 0.6) is 0 Å². The molecule has 0 atom stereocenters. The fourth-order valence-corrected chi connectivity index (χ4v) is 0.496. The zero-order valence-electron chi connectivity index (χ0n) is 4.87. The summed E-state index contributed by atoms with van der Waals surface area (Å²) in [6.07, 6.45) is 2.67. The van der Waals surface area contributed by atoms with Crippen molar-refractivity contribution >= 4 is 0 Å². The minimum absolute atomic E-state index is 0.503. The molecule has 0 aromatic carbocycles. The van der Waals surface area contributed by atoms with E-state index in [1.54, 1.807) is 6.19 Å². The molecule has 5 heteroatoms. The second-order valence-corrected chi connectivity index (χ2v) is 1.58. The summed E-state index contributed by atoms with van der Waals surface area (Å²) in [7, 11) is 0. The SMILES string of the molecule is N#Cn1ccc(=O)[nH]c1=O. The van der Waals surface area contributed by atoms with Gasteiger partial charge >= 0.3 is 5.69 Å². The van der Waals surface area contributed by atoms with Crippen molar-refractivity contribution in [3.63, 3.8) is 0 Å². The van der Waals surface area contributed by atoms with Crippen LogP contribution < -0.4 is 11.2 Å². The summed E-state index contributed by atoms with van der Waals surface area (Å²) < 4.78 is 0.724. The van der Waals surface area contributed by atoms with Crippen molar-refractivity contribution in [3.8, 4) is 6.19 Å². The van der Waals surface area contributed by atoms with Crippen LogP contribution >= 0.6 is 0 Å². The van der Waals surface area contributed by atoms with Crippen molar-refractivity contribution in [3.05, 3.63) is 33.1 Å². The first kappa shape index (κ1) is 6.29. The van der Waals surface area contributed by atoms with Gasteiger partial charge in [-0.1, -0.05) is 0 Å². The quantitative estimate of drug-likeness (QED) is 0.491. The van der Waals surface area contributed by atoms with E-state index in [0.29, 0.717) is 0 Å². The van der Waals surface area contributed by atoms with Gasteiger partial charge in [0.2, 0.25) is 0 Å². The van der Waals surface area contributed by atoms with Crippen LogP contribution in [0.2, 0.25) is 0 Å². The summed E-state index contributed by atoms with van der Waals surface area (Å²) >= 11 is 0. The zero-order valence-corrected chi connectivity index (χ0v) is 4.87. The third kappa shape index (κ3) is 0.951. The van der Waals surface area contributed by atoms with Gasteiger partial charge < -0.3 is 0 Å². The van der Waals surface area contributed by atoms with E-state index in [9.17, 15) is 9.59 Å². The van der Waals surface area contributed by atoms with Crippen molar-refractivity contribution in [2.45, 2.75) is 0 Å². The highest BCUT2D eigenvalue weighted by Gasteiger charge is 1.90. The standard InChI is InChI=1S/C5H3N3O2/c6-3-8-2-1-4(9)7-5(8)10/h1-2H,(H,7,9,10). The Morgan fingerprint density at radius 3 is 2.80 bits per heavy atom. The Kier molecular flexibility index (Phi) is 1.38. The topological polar surface area (TPSA) is 78.7 Å². The first-order chi connectivity index (χ1) is 4.74. The van der Waals surface area contributed by atoms with Crippen molar-refractivity contribution in [1.82, 2.24) is 9.55 Å². The molecule has 1 aromatic rings. The molecule has 0 aliphatic heterocycles. The van der Waals surface area contributed by atoms with E-state index < -0.39 is 11.2 Å². The minimum Gasteiger partial charge on any atom is -0.273 e. The van der Waals surface area contributed by atoms with E-state index in [1.807, 2.05) is 4.98 Å². The smallest absolute Gasteiger partial charge is 0.273 e. The van der Waals surface area contributed by atoms with Crippen LogP contribution in [-0.4, -0.2) is 9.55 Å². The number of H-pyrrole nitrogens is 1. The second-order valence-electron chi connectivity index (χ2n) is 1.58. The number of nitriles is 1. The van der Waals surface area contributed by atoms with Crippen LogP contribution in [0.1, 0.15) is 0 Å². The number of nitrogens with one attached hydrogen (secondary N) is 1. The molecule has 0 bridgehead atoms. The maximum Gasteiger partial charge on any atom is 0.341 e. The number of aromatic nitrogens is 2. The summed E-state index contributed by atoms with van der Waals surface area (Å²) in [5.74, 6) is 0.